The molecule has 0 bridgehead atoms. The van der Waals surface area contributed by atoms with E-state index in [-0.39, 0.29) is 5.78 Å². The summed E-state index contributed by atoms with van der Waals surface area (Å²) in [5.41, 5.74) is 8.14. The Morgan fingerprint density at radius 2 is 1.87 bits per heavy atom. The second-order valence-corrected chi connectivity index (χ2v) is 4.34. The van der Waals surface area contributed by atoms with Crippen LogP contribution in [0.2, 0.25) is 0 Å². The maximum atomic E-state index is 12.0. The fourth-order valence-electron chi connectivity index (χ4n) is 1.37. The summed E-state index contributed by atoms with van der Waals surface area (Å²) in [6.07, 6.45) is 0. The Hall–Kier alpha value is -1.61. The summed E-state index contributed by atoms with van der Waals surface area (Å²) in [5.74, 6) is -0.00579. The number of nitrogen functional groups attached to an aromatic ring is 1. The lowest BCUT2D eigenvalue weighted by Crippen LogP contribution is -2.02. The first-order chi connectivity index (χ1) is 7.18. The van der Waals surface area contributed by atoms with Crippen LogP contribution in [0.15, 0.2) is 35.7 Å². The fraction of sp³-hybridized carbons (Fsp3) is 0.0833. The molecule has 0 saturated carbocycles. The van der Waals surface area contributed by atoms with Crippen molar-refractivity contribution in [2.75, 3.05) is 5.73 Å². The van der Waals surface area contributed by atoms with Crippen molar-refractivity contribution in [1.29, 1.82) is 0 Å². The topological polar surface area (TPSA) is 43.1 Å². The Balaban J connectivity index is 2.37. The van der Waals surface area contributed by atoms with E-state index in [0.717, 1.165) is 5.56 Å². The molecule has 2 aromatic rings. The molecule has 76 valence electrons. The highest BCUT2D eigenvalue weighted by Crippen LogP contribution is 2.22. The predicted octanol–water partition coefficient (Wildman–Crippen LogP) is 2.87. The van der Waals surface area contributed by atoms with Gasteiger partial charge in [0.05, 0.1) is 10.6 Å². The number of ketones is 1. The van der Waals surface area contributed by atoms with Gasteiger partial charge in [-0.15, -0.1) is 11.3 Å². The van der Waals surface area contributed by atoms with Crippen LogP contribution in [0.1, 0.15) is 21.5 Å². The first kappa shape index (κ1) is 9.93. The summed E-state index contributed by atoms with van der Waals surface area (Å²) in [5, 5.41) is 2.41. The third-order valence-corrected chi connectivity index (χ3v) is 3.00. The number of hydrogen-bond donors (Lipinski definition) is 1. The van der Waals surface area contributed by atoms with Crippen LogP contribution >= 0.6 is 11.3 Å². The van der Waals surface area contributed by atoms with Crippen LogP contribution in [0.4, 0.5) is 5.00 Å². The highest BCUT2D eigenvalue weighted by Gasteiger charge is 2.12. The highest BCUT2D eigenvalue weighted by atomic mass is 32.1. The van der Waals surface area contributed by atoms with Gasteiger partial charge in [-0.1, -0.05) is 29.8 Å². The monoisotopic (exact) mass is 217 g/mol. The fourth-order valence-corrected chi connectivity index (χ4v) is 2.01. The largest absolute Gasteiger partial charge is 0.390 e. The molecule has 0 unspecified atom stereocenters. The number of thiophene rings is 1. The van der Waals surface area contributed by atoms with Gasteiger partial charge in [-0.05, 0) is 18.4 Å². The molecule has 0 aliphatic carbocycles. The van der Waals surface area contributed by atoms with Crippen LogP contribution in [0.3, 0.4) is 0 Å². The van der Waals surface area contributed by atoms with Crippen molar-refractivity contribution in [2.24, 2.45) is 0 Å². The van der Waals surface area contributed by atoms with Gasteiger partial charge in [-0.2, -0.15) is 0 Å². The zero-order valence-electron chi connectivity index (χ0n) is 8.36. The molecule has 0 fully saturated rings. The van der Waals surface area contributed by atoms with Gasteiger partial charge in [0.15, 0.2) is 5.78 Å². The van der Waals surface area contributed by atoms with E-state index >= 15 is 0 Å². The van der Waals surface area contributed by atoms with Crippen LogP contribution in [0.5, 0.6) is 0 Å². The number of aryl methyl sites for hydroxylation is 1. The van der Waals surface area contributed by atoms with Crippen molar-refractivity contribution < 1.29 is 4.79 Å². The smallest absolute Gasteiger partial charge is 0.195 e. The molecule has 0 aliphatic heterocycles. The van der Waals surface area contributed by atoms with E-state index in [1.807, 2.05) is 36.6 Å². The Bertz CT molecular complexity index is 485. The molecular formula is C12H11NOS. The lowest BCUT2D eigenvalue weighted by atomic mass is 10.0. The average molecular weight is 217 g/mol. The van der Waals surface area contributed by atoms with Gasteiger partial charge >= 0.3 is 0 Å². The first-order valence-corrected chi connectivity index (χ1v) is 5.51. The molecule has 0 aliphatic rings. The Labute approximate surface area is 92.4 Å². The number of rotatable bonds is 2. The van der Waals surface area contributed by atoms with Crippen LogP contribution in [0, 0.1) is 6.92 Å². The van der Waals surface area contributed by atoms with Crippen molar-refractivity contribution in [3.63, 3.8) is 0 Å². The molecule has 0 spiro atoms. The molecule has 0 atom stereocenters. The molecule has 0 radical (unpaired) electrons. The van der Waals surface area contributed by atoms with Crippen LogP contribution in [0.25, 0.3) is 0 Å². The lowest BCUT2D eigenvalue weighted by Gasteiger charge is -2.00. The third-order valence-electron chi connectivity index (χ3n) is 2.25. The molecule has 2 nitrogen and oxygen atoms in total. The third kappa shape index (κ3) is 1.92. The molecule has 1 aromatic carbocycles. The summed E-state index contributed by atoms with van der Waals surface area (Å²) >= 11 is 1.39. The van der Waals surface area contributed by atoms with Gasteiger partial charge in [-0.3, -0.25) is 4.79 Å². The summed E-state index contributed by atoms with van der Waals surface area (Å²) in [7, 11) is 0. The van der Waals surface area contributed by atoms with Crippen LogP contribution in [-0.4, -0.2) is 5.78 Å². The summed E-state index contributed by atoms with van der Waals surface area (Å²) in [6, 6.07) is 9.28. The van der Waals surface area contributed by atoms with Gasteiger partial charge in [0.2, 0.25) is 0 Å². The maximum absolute atomic E-state index is 12.0. The molecule has 1 heterocycles. The molecule has 15 heavy (non-hydrogen) atoms. The van der Waals surface area contributed by atoms with E-state index in [9.17, 15) is 4.79 Å². The summed E-state index contributed by atoms with van der Waals surface area (Å²) < 4.78 is 0. The molecule has 0 amide bonds. The van der Waals surface area contributed by atoms with Gasteiger partial charge in [0.25, 0.3) is 0 Å². The van der Waals surface area contributed by atoms with Crippen molar-refractivity contribution in [3.8, 4) is 0 Å². The normalized spacial score (nSPS) is 10.2. The van der Waals surface area contributed by atoms with E-state index < -0.39 is 0 Å². The summed E-state index contributed by atoms with van der Waals surface area (Å²) in [6.45, 7) is 1.99. The Kier molecular flexibility index (Phi) is 2.56. The highest BCUT2D eigenvalue weighted by molar-refractivity contribution is 7.14. The van der Waals surface area contributed by atoms with Crippen LogP contribution in [-0.2, 0) is 0 Å². The van der Waals surface area contributed by atoms with E-state index in [0.29, 0.717) is 16.1 Å². The second kappa shape index (κ2) is 3.87. The predicted molar refractivity (Wildman–Crippen MR) is 63.3 cm³/mol. The van der Waals surface area contributed by atoms with Gasteiger partial charge in [-0.25, -0.2) is 0 Å². The van der Waals surface area contributed by atoms with Crippen molar-refractivity contribution >= 4 is 22.1 Å². The minimum absolute atomic E-state index is 0.00579. The standard InChI is InChI=1S/C12H11NOS/c1-8-2-4-9(5-3-8)11(14)10-6-7-15-12(10)13/h2-7H,13H2,1H3. The molecule has 0 saturated heterocycles. The lowest BCUT2D eigenvalue weighted by molar-refractivity contribution is 0.104. The van der Waals surface area contributed by atoms with Gasteiger partial charge in [0, 0.05) is 5.56 Å². The molecule has 2 N–H and O–H groups in total. The SMILES string of the molecule is Cc1ccc(C(=O)c2ccsc2N)cc1. The number of anilines is 1. The van der Waals surface area contributed by atoms with E-state index in [2.05, 4.69) is 0 Å². The molecule has 3 heteroatoms. The minimum atomic E-state index is -0.00579. The Morgan fingerprint density at radius 1 is 1.20 bits per heavy atom. The second-order valence-electron chi connectivity index (χ2n) is 3.39. The zero-order chi connectivity index (χ0) is 10.8. The maximum Gasteiger partial charge on any atom is 0.195 e. The number of benzene rings is 1. The Morgan fingerprint density at radius 3 is 2.40 bits per heavy atom. The van der Waals surface area contributed by atoms with Crippen molar-refractivity contribution in [1.82, 2.24) is 0 Å². The molecule has 1 aromatic heterocycles. The van der Waals surface area contributed by atoms with Crippen molar-refractivity contribution in [3.05, 3.63) is 52.4 Å². The minimum Gasteiger partial charge on any atom is -0.390 e. The summed E-state index contributed by atoms with van der Waals surface area (Å²) in [4.78, 5) is 12.0. The van der Waals surface area contributed by atoms with Crippen LogP contribution < -0.4 is 5.73 Å². The zero-order valence-corrected chi connectivity index (χ0v) is 9.17. The van der Waals surface area contributed by atoms with E-state index in [1.54, 1.807) is 6.07 Å². The molecule has 2 rings (SSSR count). The number of nitrogens with two attached hydrogens (primary N) is 1. The number of hydrogen-bond acceptors (Lipinski definition) is 3. The van der Waals surface area contributed by atoms with Crippen molar-refractivity contribution in [2.45, 2.75) is 6.92 Å². The molecular weight excluding hydrogens is 206 g/mol. The number of carbonyl (C=O) groups is 1. The van der Waals surface area contributed by atoms with Gasteiger partial charge in [0.1, 0.15) is 0 Å². The van der Waals surface area contributed by atoms with Gasteiger partial charge < -0.3 is 5.73 Å². The van der Waals surface area contributed by atoms with E-state index in [4.69, 9.17) is 5.73 Å². The average Bonchev–Trinajstić information content (AvgIpc) is 2.65. The number of carbonyl (C=O) groups excluding carboxylic acids is 1. The first-order valence-electron chi connectivity index (χ1n) is 4.63. The van der Waals surface area contributed by atoms with E-state index in [1.165, 1.54) is 11.3 Å². The quantitative estimate of drug-likeness (QED) is 0.786.